The maximum Gasteiger partial charge on any atom is 0.341 e. The molecule has 0 aliphatic carbocycles. The number of carbonyl (C=O) groups excluding carboxylic acids is 2. The van der Waals surface area contributed by atoms with E-state index in [-0.39, 0.29) is 22.7 Å². The van der Waals surface area contributed by atoms with E-state index >= 15 is 0 Å². The van der Waals surface area contributed by atoms with Crippen LogP contribution < -0.4 is 5.56 Å². The number of amides is 1. The van der Waals surface area contributed by atoms with Crippen LogP contribution in [-0.4, -0.2) is 76.8 Å². The van der Waals surface area contributed by atoms with Gasteiger partial charge in [-0.3, -0.25) is 9.59 Å². The van der Waals surface area contributed by atoms with Crippen LogP contribution in [0.5, 0.6) is 0 Å². The first-order valence-electron chi connectivity index (χ1n) is 9.25. The quantitative estimate of drug-likeness (QED) is 0.660. The number of nitrogens with one attached hydrogen (secondary N) is 1. The number of rotatable bonds is 3. The van der Waals surface area contributed by atoms with Crippen LogP contribution in [0.3, 0.4) is 0 Å². The lowest BCUT2D eigenvalue weighted by Gasteiger charge is -2.32. The molecule has 0 saturated carbocycles. The Kier molecular flexibility index (Phi) is 4.89. The predicted octanol–water partition coefficient (Wildman–Crippen LogP) is 0.840. The van der Waals surface area contributed by atoms with E-state index in [0.717, 1.165) is 13.1 Å². The second kappa shape index (κ2) is 7.51. The molecule has 1 fully saturated rings. The van der Waals surface area contributed by atoms with E-state index in [1.807, 2.05) is 11.9 Å². The molecule has 0 aromatic heterocycles. The number of carbonyl (C=O) groups is 2. The van der Waals surface area contributed by atoms with Crippen molar-refractivity contribution in [2.24, 2.45) is 0 Å². The summed E-state index contributed by atoms with van der Waals surface area (Å²) in [5.41, 5.74) is 1.49. The Morgan fingerprint density at radius 3 is 2.62 bits per heavy atom. The highest BCUT2D eigenvalue weighted by Crippen LogP contribution is 2.23. The molecule has 1 aromatic carbocycles. The van der Waals surface area contributed by atoms with Crippen molar-refractivity contribution in [1.82, 2.24) is 24.6 Å². The van der Waals surface area contributed by atoms with Gasteiger partial charge in [0, 0.05) is 49.8 Å². The first-order chi connectivity index (χ1) is 14.0. The minimum absolute atomic E-state index is 0.0392. The zero-order valence-corrected chi connectivity index (χ0v) is 16.2. The molecule has 1 aromatic rings. The van der Waals surface area contributed by atoms with Gasteiger partial charge in [0.15, 0.2) is 0 Å². The molecule has 150 valence electrons. The largest absolute Gasteiger partial charge is 0.465 e. The summed E-state index contributed by atoms with van der Waals surface area (Å²) in [7, 11) is 3.31. The molecule has 4 rings (SSSR count). The number of aromatic nitrogens is 3. The van der Waals surface area contributed by atoms with Crippen molar-refractivity contribution in [2.45, 2.75) is 0 Å². The molecule has 29 heavy (non-hydrogen) atoms. The molecule has 0 bridgehead atoms. The first kappa shape index (κ1) is 18.9. The van der Waals surface area contributed by atoms with E-state index in [2.05, 4.69) is 15.1 Å². The van der Waals surface area contributed by atoms with Gasteiger partial charge in [0.1, 0.15) is 11.3 Å². The Morgan fingerprint density at radius 1 is 1.14 bits per heavy atom. The summed E-state index contributed by atoms with van der Waals surface area (Å²) in [4.78, 5) is 41.2. The summed E-state index contributed by atoms with van der Waals surface area (Å²) in [6.45, 7) is 3.04. The molecule has 0 unspecified atom stereocenters. The average Bonchev–Trinajstić information content (AvgIpc) is 3.13. The second-order valence-corrected chi connectivity index (χ2v) is 7.03. The molecule has 9 nitrogen and oxygen atoms in total. The molecule has 9 heteroatoms. The number of benzene rings is 1. The zero-order chi connectivity index (χ0) is 20.5. The Bertz CT molecular complexity index is 1090. The molecule has 3 aliphatic heterocycles. The van der Waals surface area contributed by atoms with Crippen LogP contribution in [0.15, 0.2) is 41.5 Å². The van der Waals surface area contributed by atoms with E-state index in [9.17, 15) is 14.4 Å². The number of esters is 1. The summed E-state index contributed by atoms with van der Waals surface area (Å²) in [5, 5.41) is 6.28. The van der Waals surface area contributed by atoms with Crippen LogP contribution in [0.1, 0.15) is 20.7 Å². The van der Waals surface area contributed by atoms with Crippen molar-refractivity contribution in [3.8, 4) is 16.9 Å². The average molecular weight is 395 g/mol. The minimum atomic E-state index is -0.597. The molecule has 0 spiro atoms. The van der Waals surface area contributed by atoms with Crippen LogP contribution in [0.25, 0.3) is 16.9 Å². The molecular formula is C20H21N5O4. The molecule has 3 heterocycles. The van der Waals surface area contributed by atoms with Crippen molar-refractivity contribution >= 4 is 11.9 Å². The number of fused-ring (bicyclic) bond motifs is 1. The molecule has 1 N–H and O–H groups in total. The number of pyridine rings is 1. The molecule has 0 atom stereocenters. The third kappa shape index (κ3) is 3.52. The Hall–Kier alpha value is -3.46. The van der Waals surface area contributed by atoms with Crippen LogP contribution >= 0.6 is 0 Å². The van der Waals surface area contributed by atoms with E-state index < -0.39 is 11.5 Å². The fourth-order valence-corrected chi connectivity index (χ4v) is 3.44. The number of methoxy groups -OCH3 is 1. The third-order valence-corrected chi connectivity index (χ3v) is 5.15. The Labute approximate surface area is 166 Å². The van der Waals surface area contributed by atoms with E-state index in [1.54, 1.807) is 41.2 Å². The number of hydrogen-bond acceptors (Lipinski definition) is 6. The van der Waals surface area contributed by atoms with Gasteiger partial charge in [-0.15, -0.1) is 0 Å². The number of ether oxygens (including phenoxy) is 1. The van der Waals surface area contributed by atoms with Crippen molar-refractivity contribution in [2.75, 3.05) is 40.3 Å². The SMILES string of the molecule is COC(=O)c1cn(-c2cccc(C(=O)N3CCN(C)CC3)c2)cc2c(=O)[nH]nc1-2. The van der Waals surface area contributed by atoms with Crippen LogP contribution in [-0.2, 0) is 4.74 Å². The molecule has 1 saturated heterocycles. The molecule has 3 aliphatic rings. The highest BCUT2D eigenvalue weighted by Gasteiger charge is 2.23. The van der Waals surface area contributed by atoms with Gasteiger partial charge in [0.05, 0.1) is 12.7 Å². The van der Waals surface area contributed by atoms with E-state index in [4.69, 9.17) is 4.74 Å². The van der Waals surface area contributed by atoms with Gasteiger partial charge in [0.2, 0.25) is 0 Å². The fourth-order valence-electron chi connectivity index (χ4n) is 3.44. The number of likely N-dealkylation sites (N-methyl/N-ethyl adjacent to an activating group) is 1. The predicted molar refractivity (Wildman–Crippen MR) is 106 cm³/mol. The summed E-state index contributed by atoms with van der Waals surface area (Å²) in [5.74, 6) is -0.636. The number of H-pyrrole nitrogens is 1. The van der Waals surface area contributed by atoms with Crippen molar-refractivity contribution in [3.05, 3.63) is 58.1 Å². The third-order valence-electron chi connectivity index (χ3n) is 5.15. The van der Waals surface area contributed by atoms with Crippen molar-refractivity contribution < 1.29 is 14.3 Å². The van der Waals surface area contributed by atoms with Gasteiger partial charge < -0.3 is 19.1 Å². The van der Waals surface area contributed by atoms with Gasteiger partial charge in [-0.1, -0.05) is 6.07 Å². The number of hydrogen-bond donors (Lipinski definition) is 1. The van der Waals surface area contributed by atoms with Crippen molar-refractivity contribution in [1.29, 1.82) is 0 Å². The van der Waals surface area contributed by atoms with Crippen LogP contribution in [0.4, 0.5) is 0 Å². The fraction of sp³-hybridized carbons (Fsp3) is 0.300. The highest BCUT2D eigenvalue weighted by molar-refractivity contribution is 5.96. The summed E-state index contributed by atoms with van der Waals surface area (Å²) in [6, 6.07) is 7.10. The zero-order valence-electron chi connectivity index (χ0n) is 16.2. The van der Waals surface area contributed by atoms with Crippen molar-refractivity contribution in [3.63, 3.8) is 0 Å². The topological polar surface area (TPSA) is 101 Å². The first-order valence-corrected chi connectivity index (χ1v) is 9.25. The lowest BCUT2D eigenvalue weighted by molar-refractivity contribution is 0.0599. The smallest absolute Gasteiger partial charge is 0.341 e. The summed E-state index contributed by atoms with van der Waals surface area (Å²) < 4.78 is 6.45. The van der Waals surface area contributed by atoms with E-state index in [0.29, 0.717) is 24.3 Å². The molecule has 0 radical (unpaired) electrons. The Balaban J connectivity index is 1.73. The summed E-state index contributed by atoms with van der Waals surface area (Å²) in [6.07, 6.45) is 3.14. The lowest BCUT2D eigenvalue weighted by Crippen LogP contribution is -2.47. The van der Waals surface area contributed by atoms with Gasteiger partial charge in [-0.25, -0.2) is 9.89 Å². The lowest BCUT2D eigenvalue weighted by atomic mass is 10.1. The number of nitrogens with zero attached hydrogens (tertiary/aromatic N) is 4. The maximum atomic E-state index is 12.9. The van der Waals surface area contributed by atoms with Gasteiger partial charge in [-0.05, 0) is 25.2 Å². The minimum Gasteiger partial charge on any atom is -0.465 e. The Morgan fingerprint density at radius 2 is 1.90 bits per heavy atom. The normalized spacial score (nSPS) is 14.9. The second-order valence-electron chi connectivity index (χ2n) is 7.03. The van der Waals surface area contributed by atoms with Gasteiger partial charge >= 0.3 is 5.97 Å². The molecular weight excluding hydrogens is 374 g/mol. The van der Waals surface area contributed by atoms with Crippen LogP contribution in [0.2, 0.25) is 0 Å². The monoisotopic (exact) mass is 395 g/mol. The van der Waals surface area contributed by atoms with Gasteiger partial charge in [-0.2, -0.15) is 5.10 Å². The highest BCUT2D eigenvalue weighted by atomic mass is 16.5. The maximum absolute atomic E-state index is 12.9. The number of piperazine rings is 1. The standard InChI is InChI=1S/C20H21N5O4/c1-23-6-8-24(9-7-23)19(27)13-4-3-5-14(10-13)25-11-15-17(21-22-18(15)26)16(12-25)20(28)29-2/h3-5,10-12H,6-9H2,1-2H3,(H,22,26). The van der Waals surface area contributed by atoms with Crippen LogP contribution in [0, 0.1) is 0 Å². The van der Waals surface area contributed by atoms with E-state index in [1.165, 1.54) is 7.11 Å². The molecule has 1 amide bonds. The number of aromatic amines is 1. The summed E-state index contributed by atoms with van der Waals surface area (Å²) >= 11 is 0. The van der Waals surface area contributed by atoms with Gasteiger partial charge in [0.25, 0.3) is 11.5 Å².